The number of carbonyl (C=O) groups excluding carboxylic acids is 1. The predicted molar refractivity (Wildman–Crippen MR) is 111 cm³/mol. The van der Waals surface area contributed by atoms with Crippen LogP contribution >= 0.6 is 11.3 Å². The molecular weight excluding hydrogens is 378 g/mol. The molecule has 154 valence electrons. The lowest BCUT2D eigenvalue weighted by Gasteiger charge is -2.26. The maximum Gasteiger partial charge on any atom is 0.351 e. The monoisotopic (exact) mass is 407 g/mol. The van der Waals surface area contributed by atoms with E-state index in [9.17, 15) is 4.79 Å². The Morgan fingerprint density at radius 2 is 1.96 bits per heavy atom. The number of esters is 1. The summed E-state index contributed by atoms with van der Waals surface area (Å²) in [4.78, 5) is 20.6. The summed E-state index contributed by atoms with van der Waals surface area (Å²) in [6.07, 6.45) is 0. The standard InChI is InChI=1S/C20H29N3O4S/c1-12-14-15(21)17(19(24)27-20(3,4)5)28-18(14)22-13(2)16(12)26-11-8-23-6-9-25-10-7-23/h6-11,21H2,1-5H3. The van der Waals surface area contributed by atoms with Gasteiger partial charge in [0.1, 0.15) is 27.7 Å². The lowest BCUT2D eigenvalue weighted by Crippen LogP contribution is -2.38. The average Bonchev–Trinajstić information content (AvgIpc) is 2.94. The third-order valence-electron chi connectivity index (χ3n) is 4.58. The highest BCUT2D eigenvalue weighted by Gasteiger charge is 2.26. The molecule has 28 heavy (non-hydrogen) atoms. The van der Waals surface area contributed by atoms with Gasteiger partial charge in [-0.05, 0) is 34.6 Å². The number of nitrogen functional groups attached to an aromatic ring is 1. The fraction of sp³-hybridized carbons (Fsp3) is 0.600. The van der Waals surface area contributed by atoms with E-state index < -0.39 is 11.6 Å². The highest BCUT2D eigenvalue weighted by atomic mass is 32.1. The molecule has 1 saturated heterocycles. The van der Waals surface area contributed by atoms with Crippen molar-refractivity contribution in [2.45, 2.75) is 40.2 Å². The fourth-order valence-electron chi connectivity index (χ4n) is 3.25. The number of nitrogens with zero attached hydrogens (tertiary/aromatic N) is 2. The van der Waals surface area contributed by atoms with Crippen LogP contribution in [0.3, 0.4) is 0 Å². The van der Waals surface area contributed by atoms with Crippen LogP contribution in [-0.4, -0.2) is 60.9 Å². The number of aryl methyl sites for hydroxylation is 2. The van der Waals surface area contributed by atoms with E-state index in [1.54, 1.807) is 0 Å². The molecule has 1 fully saturated rings. The quantitative estimate of drug-likeness (QED) is 0.762. The zero-order valence-electron chi connectivity index (χ0n) is 17.3. The Balaban J connectivity index is 1.82. The molecule has 2 aromatic rings. The van der Waals surface area contributed by atoms with Crippen LogP contribution in [0.5, 0.6) is 5.75 Å². The average molecular weight is 408 g/mol. The molecule has 8 heteroatoms. The van der Waals surface area contributed by atoms with Crippen LogP contribution < -0.4 is 10.5 Å². The normalized spacial score (nSPS) is 15.8. The van der Waals surface area contributed by atoms with Crippen molar-refractivity contribution in [1.29, 1.82) is 0 Å². The van der Waals surface area contributed by atoms with E-state index in [1.165, 1.54) is 11.3 Å². The van der Waals surface area contributed by atoms with Crippen molar-refractivity contribution in [2.24, 2.45) is 0 Å². The van der Waals surface area contributed by atoms with Crippen LogP contribution in [0.1, 0.15) is 41.7 Å². The number of hydrogen-bond donors (Lipinski definition) is 1. The molecule has 0 unspecified atom stereocenters. The summed E-state index contributed by atoms with van der Waals surface area (Å²) in [7, 11) is 0. The number of morpholine rings is 1. The number of carbonyl (C=O) groups is 1. The second kappa shape index (κ2) is 8.23. The molecular formula is C20H29N3O4S. The molecule has 2 aromatic heterocycles. The van der Waals surface area contributed by atoms with E-state index in [-0.39, 0.29) is 0 Å². The van der Waals surface area contributed by atoms with Gasteiger partial charge in [-0.3, -0.25) is 4.90 Å². The molecule has 0 bridgehead atoms. The molecule has 7 nitrogen and oxygen atoms in total. The van der Waals surface area contributed by atoms with Gasteiger partial charge in [0.2, 0.25) is 0 Å². The molecule has 1 aliphatic rings. The first-order valence-electron chi connectivity index (χ1n) is 9.53. The number of anilines is 1. The van der Waals surface area contributed by atoms with E-state index in [4.69, 9.17) is 19.9 Å². The number of thiophene rings is 1. The van der Waals surface area contributed by atoms with E-state index in [0.717, 1.165) is 60.1 Å². The van der Waals surface area contributed by atoms with E-state index in [0.29, 0.717) is 17.2 Å². The Morgan fingerprint density at radius 1 is 1.29 bits per heavy atom. The summed E-state index contributed by atoms with van der Waals surface area (Å²) in [5.41, 5.74) is 7.86. The minimum absolute atomic E-state index is 0.394. The van der Waals surface area contributed by atoms with Crippen LogP contribution in [0.4, 0.5) is 5.69 Å². The first kappa shape index (κ1) is 20.8. The van der Waals surface area contributed by atoms with Crippen molar-refractivity contribution in [2.75, 3.05) is 45.2 Å². The highest BCUT2D eigenvalue weighted by Crippen LogP contribution is 2.40. The van der Waals surface area contributed by atoms with Crippen LogP contribution in [0, 0.1) is 13.8 Å². The minimum atomic E-state index is -0.578. The van der Waals surface area contributed by atoms with Gasteiger partial charge < -0.3 is 19.9 Å². The summed E-state index contributed by atoms with van der Waals surface area (Å²) in [5.74, 6) is 0.320. The molecule has 0 radical (unpaired) electrons. The van der Waals surface area contributed by atoms with Crippen molar-refractivity contribution in [3.8, 4) is 5.75 Å². The largest absolute Gasteiger partial charge is 0.490 e. The fourth-order valence-corrected chi connectivity index (χ4v) is 4.33. The van der Waals surface area contributed by atoms with Crippen molar-refractivity contribution < 1.29 is 19.0 Å². The zero-order valence-corrected chi connectivity index (χ0v) is 18.1. The van der Waals surface area contributed by atoms with Crippen molar-refractivity contribution in [3.63, 3.8) is 0 Å². The highest BCUT2D eigenvalue weighted by molar-refractivity contribution is 7.21. The number of rotatable bonds is 5. The van der Waals surface area contributed by atoms with Crippen molar-refractivity contribution in [3.05, 3.63) is 16.1 Å². The van der Waals surface area contributed by atoms with Gasteiger partial charge in [0.25, 0.3) is 0 Å². The Bertz CT molecular complexity index is 867. The van der Waals surface area contributed by atoms with Gasteiger partial charge in [-0.2, -0.15) is 0 Å². The van der Waals surface area contributed by atoms with E-state index in [2.05, 4.69) is 9.88 Å². The Kier molecular flexibility index (Phi) is 6.12. The SMILES string of the molecule is Cc1nc2sc(C(=O)OC(C)(C)C)c(N)c2c(C)c1OCCN1CCOCC1. The molecule has 2 N–H and O–H groups in total. The summed E-state index contributed by atoms with van der Waals surface area (Å²) >= 11 is 1.27. The van der Waals surface area contributed by atoms with Gasteiger partial charge >= 0.3 is 5.97 Å². The van der Waals surface area contributed by atoms with Crippen LogP contribution in [0.2, 0.25) is 0 Å². The first-order chi connectivity index (χ1) is 13.2. The predicted octanol–water partition coefficient (Wildman–Crippen LogP) is 3.16. The third-order valence-corrected chi connectivity index (χ3v) is 5.66. The Hall–Kier alpha value is -1.90. The lowest BCUT2D eigenvalue weighted by atomic mass is 10.1. The summed E-state index contributed by atoms with van der Waals surface area (Å²) in [6, 6.07) is 0. The van der Waals surface area contributed by atoms with Gasteiger partial charge in [0.15, 0.2) is 0 Å². The molecule has 0 spiro atoms. The van der Waals surface area contributed by atoms with Crippen molar-refractivity contribution in [1.82, 2.24) is 9.88 Å². The molecule has 0 amide bonds. The third kappa shape index (κ3) is 4.56. The molecule has 3 rings (SSSR count). The number of nitrogens with two attached hydrogens (primary N) is 1. The lowest BCUT2D eigenvalue weighted by molar-refractivity contribution is 0.00764. The van der Waals surface area contributed by atoms with Gasteiger partial charge in [-0.15, -0.1) is 11.3 Å². The first-order valence-corrected chi connectivity index (χ1v) is 10.3. The van der Waals surface area contributed by atoms with Crippen LogP contribution in [0.15, 0.2) is 0 Å². The molecule has 1 aliphatic heterocycles. The van der Waals surface area contributed by atoms with Crippen LogP contribution in [-0.2, 0) is 9.47 Å². The Morgan fingerprint density at radius 3 is 2.61 bits per heavy atom. The molecule has 0 atom stereocenters. The van der Waals surface area contributed by atoms with Gasteiger partial charge in [-0.1, -0.05) is 0 Å². The summed E-state index contributed by atoms with van der Waals surface area (Å²) < 4.78 is 16.9. The van der Waals surface area contributed by atoms with Crippen LogP contribution in [0.25, 0.3) is 10.2 Å². The molecule has 3 heterocycles. The van der Waals surface area contributed by atoms with E-state index >= 15 is 0 Å². The number of aromatic nitrogens is 1. The second-order valence-electron chi connectivity index (χ2n) is 7.98. The zero-order chi connectivity index (χ0) is 20.5. The summed E-state index contributed by atoms with van der Waals surface area (Å²) in [6.45, 7) is 14.2. The smallest absolute Gasteiger partial charge is 0.351 e. The Labute approximate surface area is 169 Å². The maximum absolute atomic E-state index is 12.5. The van der Waals surface area contributed by atoms with Gasteiger partial charge in [0.05, 0.1) is 24.6 Å². The number of hydrogen-bond acceptors (Lipinski definition) is 8. The number of fused-ring (bicyclic) bond motifs is 1. The van der Waals surface area contributed by atoms with E-state index in [1.807, 2.05) is 34.6 Å². The number of pyridine rings is 1. The summed E-state index contributed by atoms with van der Waals surface area (Å²) in [5, 5.41) is 0.776. The molecule has 0 aromatic carbocycles. The van der Waals surface area contributed by atoms with Crippen molar-refractivity contribution >= 4 is 33.2 Å². The van der Waals surface area contributed by atoms with Gasteiger partial charge in [-0.25, -0.2) is 9.78 Å². The van der Waals surface area contributed by atoms with Gasteiger partial charge in [0, 0.05) is 30.6 Å². The molecule has 0 saturated carbocycles. The molecule has 0 aliphatic carbocycles. The number of ether oxygens (including phenoxy) is 3. The second-order valence-corrected chi connectivity index (χ2v) is 8.98. The topological polar surface area (TPSA) is 86.9 Å². The minimum Gasteiger partial charge on any atom is -0.490 e. The maximum atomic E-state index is 12.5.